The number of halogens is 1. The van der Waals surface area contributed by atoms with E-state index < -0.39 is 10.0 Å². The Morgan fingerprint density at radius 2 is 2.09 bits per heavy atom. The van der Waals surface area contributed by atoms with Gasteiger partial charge in [0.2, 0.25) is 10.0 Å². The average molecular weight is 370 g/mol. The van der Waals surface area contributed by atoms with Crippen LogP contribution in [0.5, 0.6) is 0 Å². The fourth-order valence-electron chi connectivity index (χ4n) is 1.95. The smallest absolute Gasteiger partial charge is 0.250 e. The number of nitrogens with one attached hydrogen (secondary N) is 1. The van der Waals surface area contributed by atoms with Gasteiger partial charge < -0.3 is 4.57 Å². The molecule has 3 aromatic rings. The van der Waals surface area contributed by atoms with E-state index in [-0.39, 0.29) is 10.8 Å². The van der Waals surface area contributed by atoms with Crippen LogP contribution in [0.4, 0.5) is 0 Å². The van der Waals surface area contributed by atoms with Crippen molar-refractivity contribution in [3.05, 3.63) is 47.5 Å². The topological polar surface area (TPSA) is 89.8 Å². The summed E-state index contributed by atoms with van der Waals surface area (Å²) in [6.07, 6.45) is 8.17. The van der Waals surface area contributed by atoms with E-state index in [2.05, 4.69) is 19.7 Å². The first-order chi connectivity index (χ1) is 11.1. The molecular formula is C13H12ClN5O2S2. The molecular weight excluding hydrogens is 358 g/mol. The second-order valence-electron chi connectivity index (χ2n) is 4.49. The summed E-state index contributed by atoms with van der Waals surface area (Å²) in [4.78, 5) is 12.4. The molecule has 0 amide bonds. The minimum absolute atomic E-state index is 0.197. The molecule has 0 aliphatic rings. The Morgan fingerprint density at radius 1 is 1.22 bits per heavy atom. The molecule has 0 aliphatic heterocycles. The molecule has 1 N–H and O–H groups in total. The fourth-order valence-corrected chi connectivity index (χ4v) is 4.50. The number of sulfonamides is 1. The average Bonchev–Trinajstić information content (AvgIpc) is 3.17. The molecule has 0 bridgehead atoms. The summed E-state index contributed by atoms with van der Waals surface area (Å²) < 4.78 is 29.2. The third-order valence-electron chi connectivity index (χ3n) is 2.97. The summed E-state index contributed by atoms with van der Waals surface area (Å²) in [5, 5.41) is 0. The fraction of sp³-hybridized carbons (Fsp3) is 0.154. The van der Waals surface area contributed by atoms with E-state index in [4.69, 9.17) is 11.6 Å². The number of imidazole rings is 1. The summed E-state index contributed by atoms with van der Waals surface area (Å²) in [5.74, 6) is 0.636. The highest BCUT2D eigenvalue weighted by molar-refractivity contribution is 7.91. The summed E-state index contributed by atoms with van der Waals surface area (Å²) in [7, 11) is -3.55. The van der Waals surface area contributed by atoms with Crippen molar-refractivity contribution in [2.45, 2.75) is 10.8 Å². The summed E-state index contributed by atoms with van der Waals surface area (Å²) >= 11 is 6.79. The van der Waals surface area contributed by atoms with Gasteiger partial charge in [-0.15, -0.1) is 11.3 Å². The number of thiophene rings is 1. The molecule has 3 rings (SSSR count). The zero-order valence-electron chi connectivity index (χ0n) is 11.8. The maximum atomic E-state index is 12.1. The lowest BCUT2D eigenvalue weighted by molar-refractivity contribution is 0.575. The first-order valence-corrected chi connectivity index (χ1v) is 9.26. The molecule has 0 spiro atoms. The molecule has 23 heavy (non-hydrogen) atoms. The summed E-state index contributed by atoms with van der Waals surface area (Å²) in [6, 6.07) is 3.04. The number of hydrogen-bond acceptors (Lipinski definition) is 6. The summed E-state index contributed by atoms with van der Waals surface area (Å²) in [5.41, 5.74) is 0.630. The largest absolute Gasteiger partial charge is 0.328 e. The van der Waals surface area contributed by atoms with Crippen molar-refractivity contribution in [3.8, 4) is 11.5 Å². The first-order valence-electron chi connectivity index (χ1n) is 6.59. The lowest BCUT2D eigenvalue weighted by atomic mass is 10.4. The Hall–Kier alpha value is -1.81. The second kappa shape index (κ2) is 6.75. The van der Waals surface area contributed by atoms with Crippen LogP contribution in [0.25, 0.3) is 11.5 Å². The Balaban J connectivity index is 1.67. The molecule has 0 unspecified atom stereocenters. The van der Waals surface area contributed by atoms with E-state index in [0.717, 1.165) is 11.3 Å². The van der Waals surface area contributed by atoms with Gasteiger partial charge in [0.1, 0.15) is 9.90 Å². The number of hydrogen-bond donors (Lipinski definition) is 1. The van der Waals surface area contributed by atoms with Crippen molar-refractivity contribution in [1.82, 2.24) is 24.2 Å². The van der Waals surface area contributed by atoms with Gasteiger partial charge in [0, 0.05) is 37.9 Å². The van der Waals surface area contributed by atoms with Crippen LogP contribution in [0.2, 0.25) is 4.34 Å². The van der Waals surface area contributed by atoms with Crippen LogP contribution >= 0.6 is 22.9 Å². The molecule has 0 radical (unpaired) electrons. The number of nitrogens with zero attached hydrogens (tertiary/aromatic N) is 4. The highest BCUT2D eigenvalue weighted by atomic mass is 35.5. The van der Waals surface area contributed by atoms with Crippen molar-refractivity contribution in [1.29, 1.82) is 0 Å². The Kier molecular flexibility index (Phi) is 4.71. The van der Waals surface area contributed by atoms with Gasteiger partial charge in [-0.3, -0.25) is 4.98 Å². The van der Waals surface area contributed by atoms with Crippen molar-refractivity contribution in [2.75, 3.05) is 6.54 Å². The summed E-state index contributed by atoms with van der Waals surface area (Å²) in [6.45, 7) is 0.645. The maximum absolute atomic E-state index is 12.1. The van der Waals surface area contributed by atoms with Gasteiger partial charge in [0.25, 0.3) is 0 Å². The van der Waals surface area contributed by atoms with Crippen LogP contribution in [0.15, 0.2) is 47.3 Å². The third kappa shape index (κ3) is 3.75. The molecule has 0 saturated heterocycles. The minimum atomic E-state index is -3.55. The van der Waals surface area contributed by atoms with Crippen molar-refractivity contribution >= 4 is 33.0 Å². The van der Waals surface area contributed by atoms with Crippen LogP contribution in [-0.2, 0) is 16.6 Å². The zero-order valence-corrected chi connectivity index (χ0v) is 14.1. The Bertz CT molecular complexity index is 892. The molecule has 120 valence electrons. The van der Waals surface area contributed by atoms with Crippen molar-refractivity contribution in [3.63, 3.8) is 0 Å². The van der Waals surface area contributed by atoms with Crippen LogP contribution in [0, 0.1) is 0 Å². The lowest BCUT2D eigenvalue weighted by Gasteiger charge is -2.08. The maximum Gasteiger partial charge on any atom is 0.250 e. The van der Waals surface area contributed by atoms with Gasteiger partial charge in [0.15, 0.2) is 5.82 Å². The molecule has 0 fully saturated rings. The Morgan fingerprint density at radius 3 is 2.78 bits per heavy atom. The third-order valence-corrected chi connectivity index (χ3v) is 6.15. The first kappa shape index (κ1) is 16.1. The van der Waals surface area contributed by atoms with E-state index >= 15 is 0 Å². The van der Waals surface area contributed by atoms with Crippen LogP contribution in [0.3, 0.4) is 0 Å². The minimum Gasteiger partial charge on any atom is -0.328 e. The van der Waals surface area contributed by atoms with E-state index in [0.29, 0.717) is 22.4 Å². The molecule has 10 heteroatoms. The predicted molar refractivity (Wildman–Crippen MR) is 87.8 cm³/mol. The highest BCUT2D eigenvalue weighted by Crippen LogP contribution is 2.25. The van der Waals surface area contributed by atoms with Gasteiger partial charge >= 0.3 is 0 Å². The predicted octanol–water partition coefficient (Wildman–Crippen LogP) is 2.03. The van der Waals surface area contributed by atoms with E-state index in [1.54, 1.807) is 37.1 Å². The number of aromatic nitrogens is 4. The quantitative estimate of drug-likeness (QED) is 0.718. The van der Waals surface area contributed by atoms with Crippen LogP contribution < -0.4 is 4.72 Å². The van der Waals surface area contributed by atoms with Gasteiger partial charge in [0.05, 0.1) is 10.5 Å². The lowest BCUT2D eigenvalue weighted by Crippen LogP contribution is -2.26. The molecule has 7 nitrogen and oxygen atoms in total. The van der Waals surface area contributed by atoms with Gasteiger partial charge in [-0.1, -0.05) is 11.6 Å². The molecule has 3 aromatic heterocycles. The molecule has 0 aromatic carbocycles. The van der Waals surface area contributed by atoms with E-state index in [1.807, 2.05) is 4.57 Å². The molecule has 0 saturated carbocycles. The van der Waals surface area contributed by atoms with Gasteiger partial charge in [-0.05, 0) is 12.1 Å². The van der Waals surface area contributed by atoms with E-state index in [9.17, 15) is 8.42 Å². The Labute approximate surface area is 142 Å². The normalized spacial score (nSPS) is 11.7. The van der Waals surface area contributed by atoms with Crippen LogP contribution in [-0.4, -0.2) is 34.5 Å². The highest BCUT2D eigenvalue weighted by Gasteiger charge is 2.16. The number of rotatable bonds is 6. The van der Waals surface area contributed by atoms with E-state index in [1.165, 1.54) is 6.07 Å². The van der Waals surface area contributed by atoms with Gasteiger partial charge in [-0.2, -0.15) is 0 Å². The standard InChI is InChI=1S/C13H12ClN5O2S2/c14-11-1-2-12(22-11)23(20,21)18-6-8-19-7-5-17-13(19)10-9-15-3-4-16-10/h1-5,7,9,18H,6,8H2. The van der Waals surface area contributed by atoms with Gasteiger partial charge in [-0.25, -0.2) is 23.1 Å². The van der Waals surface area contributed by atoms with Crippen LogP contribution in [0.1, 0.15) is 0 Å². The molecule has 0 atom stereocenters. The zero-order chi connectivity index (χ0) is 16.3. The van der Waals surface area contributed by atoms with Crippen molar-refractivity contribution < 1.29 is 8.42 Å². The second-order valence-corrected chi connectivity index (χ2v) is 8.20. The molecule has 0 aliphatic carbocycles. The SMILES string of the molecule is O=S(=O)(NCCn1ccnc1-c1cnccn1)c1ccc(Cl)s1. The van der Waals surface area contributed by atoms with Crippen molar-refractivity contribution in [2.24, 2.45) is 0 Å². The monoisotopic (exact) mass is 369 g/mol. The molecule has 3 heterocycles.